The van der Waals surface area contributed by atoms with E-state index in [1.807, 2.05) is 13.0 Å². The molecule has 0 saturated carbocycles. The van der Waals surface area contributed by atoms with Gasteiger partial charge in [-0.15, -0.1) is 0 Å². The van der Waals surface area contributed by atoms with Gasteiger partial charge in [0.25, 0.3) is 10.1 Å². The van der Waals surface area contributed by atoms with E-state index < -0.39 is 10.1 Å². The van der Waals surface area contributed by atoms with Crippen molar-refractivity contribution in [3.63, 3.8) is 0 Å². The first kappa shape index (κ1) is 8.74. The minimum absolute atomic E-state index is 0.0842. The molecule has 64 valence electrons. The van der Waals surface area contributed by atoms with Crippen molar-refractivity contribution in [1.29, 1.82) is 0 Å². The Hall–Kier alpha value is -0.350. The van der Waals surface area contributed by atoms with Crippen molar-refractivity contribution in [2.24, 2.45) is 0 Å². The zero-order valence-electron chi connectivity index (χ0n) is 6.54. The van der Waals surface area contributed by atoms with Crippen LogP contribution in [0, 0.1) is 0 Å². The third-order valence-corrected chi connectivity index (χ3v) is 2.77. The molecule has 3 nitrogen and oxygen atoms in total. The topological polar surface area (TPSA) is 43.4 Å². The smallest absolute Gasteiger partial charge is 0.266 e. The molecular formula is C7H12O3S. The van der Waals surface area contributed by atoms with Crippen molar-refractivity contribution in [3.05, 3.63) is 11.6 Å². The molecule has 1 aliphatic rings. The molecular weight excluding hydrogens is 164 g/mol. The summed E-state index contributed by atoms with van der Waals surface area (Å²) in [5, 5.41) is 0. The Morgan fingerprint density at radius 1 is 1.64 bits per heavy atom. The standard InChI is InChI=1S/C7H12O3S/c1-2-3-7-4-5-10-11(8,9)6-7/h4H,2-3,5-6H2,1H3. The first-order valence-corrected chi connectivity index (χ1v) is 5.27. The van der Waals surface area contributed by atoms with Crippen LogP contribution in [0.25, 0.3) is 0 Å². The zero-order chi connectivity index (χ0) is 8.32. The van der Waals surface area contributed by atoms with Crippen molar-refractivity contribution in [2.45, 2.75) is 19.8 Å². The van der Waals surface area contributed by atoms with Gasteiger partial charge in [0.05, 0.1) is 12.4 Å². The monoisotopic (exact) mass is 176 g/mol. The van der Waals surface area contributed by atoms with Gasteiger partial charge in [-0.3, -0.25) is 4.18 Å². The van der Waals surface area contributed by atoms with Crippen molar-refractivity contribution in [1.82, 2.24) is 0 Å². The van der Waals surface area contributed by atoms with E-state index >= 15 is 0 Å². The summed E-state index contributed by atoms with van der Waals surface area (Å²) >= 11 is 0. The third-order valence-electron chi connectivity index (χ3n) is 1.55. The first-order valence-electron chi connectivity index (χ1n) is 3.69. The molecule has 0 amide bonds. The molecule has 1 rings (SSSR count). The molecule has 0 aromatic carbocycles. The van der Waals surface area contributed by atoms with Crippen molar-refractivity contribution in [2.75, 3.05) is 12.4 Å². The summed E-state index contributed by atoms with van der Waals surface area (Å²) in [6.07, 6.45) is 3.70. The Balaban J connectivity index is 2.63. The van der Waals surface area contributed by atoms with E-state index in [9.17, 15) is 8.42 Å². The maximum absolute atomic E-state index is 10.9. The van der Waals surface area contributed by atoms with Crippen LogP contribution >= 0.6 is 0 Å². The summed E-state index contributed by atoms with van der Waals surface area (Å²) in [6, 6.07) is 0. The molecule has 4 heteroatoms. The fourth-order valence-corrected chi connectivity index (χ4v) is 2.15. The van der Waals surface area contributed by atoms with Gasteiger partial charge in [-0.1, -0.05) is 25.0 Å². The van der Waals surface area contributed by atoms with Gasteiger partial charge < -0.3 is 0 Å². The van der Waals surface area contributed by atoms with Crippen LogP contribution in [0.15, 0.2) is 11.6 Å². The number of hydrogen-bond acceptors (Lipinski definition) is 3. The van der Waals surface area contributed by atoms with Gasteiger partial charge in [-0.05, 0) is 6.42 Å². The van der Waals surface area contributed by atoms with Crippen LogP contribution < -0.4 is 0 Å². The summed E-state index contributed by atoms with van der Waals surface area (Å²) in [7, 11) is -3.22. The fraction of sp³-hybridized carbons (Fsp3) is 0.714. The Bertz CT molecular complexity index is 251. The second-order valence-electron chi connectivity index (χ2n) is 2.60. The third kappa shape index (κ3) is 2.63. The quantitative estimate of drug-likeness (QED) is 0.467. The van der Waals surface area contributed by atoms with Crippen LogP contribution in [0.5, 0.6) is 0 Å². The lowest BCUT2D eigenvalue weighted by Gasteiger charge is -2.12. The minimum atomic E-state index is -3.22. The molecule has 0 saturated heterocycles. The van der Waals surface area contributed by atoms with E-state index in [0.29, 0.717) is 0 Å². The lowest BCUT2D eigenvalue weighted by Crippen LogP contribution is -2.17. The van der Waals surface area contributed by atoms with E-state index in [1.165, 1.54) is 0 Å². The fourth-order valence-electron chi connectivity index (χ4n) is 1.08. The van der Waals surface area contributed by atoms with Crippen molar-refractivity contribution < 1.29 is 12.6 Å². The minimum Gasteiger partial charge on any atom is -0.266 e. The number of hydrogen-bond donors (Lipinski definition) is 0. The highest BCUT2D eigenvalue weighted by Crippen LogP contribution is 2.14. The maximum atomic E-state index is 10.9. The molecule has 0 spiro atoms. The van der Waals surface area contributed by atoms with Gasteiger partial charge in [0, 0.05) is 0 Å². The average Bonchev–Trinajstić information content (AvgIpc) is 1.85. The molecule has 0 aromatic heterocycles. The highest BCUT2D eigenvalue weighted by molar-refractivity contribution is 7.86. The Morgan fingerprint density at radius 2 is 2.36 bits per heavy atom. The average molecular weight is 176 g/mol. The van der Waals surface area contributed by atoms with Gasteiger partial charge in [-0.2, -0.15) is 8.42 Å². The second kappa shape index (κ2) is 3.36. The normalized spacial score (nSPS) is 22.8. The van der Waals surface area contributed by atoms with Crippen LogP contribution in [0.2, 0.25) is 0 Å². The van der Waals surface area contributed by atoms with E-state index in [4.69, 9.17) is 0 Å². The Morgan fingerprint density at radius 3 is 2.91 bits per heavy atom. The van der Waals surface area contributed by atoms with Crippen LogP contribution in [-0.4, -0.2) is 20.8 Å². The highest BCUT2D eigenvalue weighted by Gasteiger charge is 2.17. The lowest BCUT2D eigenvalue weighted by atomic mass is 10.2. The number of rotatable bonds is 2. The van der Waals surface area contributed by atoms with Crippen molar-refractivity contribution >= 4 is 10.1 Å². The summed E-state index contributed by atoms with van der Waals surface area (Å²) in [6.45, 7) is 2.25. The molecule has 0 fully saturated rings. The molecule has 1 aliphatic heterocycles. The van der Waals surface area contributed by atoms with Crippen LogP contribution in [-0.2, 0) is 14.3 Å². The van der Waals surface area contributed by atoms with Crippen LogP contribution in [0.1, 0.15) is 19.8 Å². The summed E-state index contributed by atoms with van der Waals surface area (Å²) < 4.78 is 26.3. The molecule has 0 bridgehead atoms. The zero-order valence-corrected chi connectivity index (χ0v) is 7.36. The molecule has 0 atom stereocenters. The van der Waals surface area contributed by atoms with E-state index in [0.717, 1.165) is 18.4 Å². The molecule has 1 heterocycles. The summed E-state index contributed by atoms with van der Waals surface area (Å²) in [5.41, 5.74) is 0.985. The molecule has 0 radical (unpaired) electrons. The van der Waals surface area contributed by atoms with Gasteiger partial charge in [0.2, 0.25) is 0 Å². The van der Waals surface area contributed by atoms with Gasteiger partial charge in [-0.25, -0.2) is 0 Å². The lowest BCUT2D eigenvalue weighted by molar-refractivity contribution is 0.351. The SMILES string of the molecule is CCCC1=CCOS(=O)(=O)C1. The molecule has 0 aliphatic carbocycles. The predicted octanol–water partition coefficient (Wildman–Crippen LogP) is 1.07. The maximum Gasteiger partial charge on any atom is 0.271 e. The van der Waals surface area contributed by atoms with Crippen molar-refractivity contribution in [3.8, 4) is 0 Å². The Kier molecular flexibility index (Phi) is 2.67. The van der Waals surface area contributed by atoms with Gasteiger partial charge in [0.15, 0.2) is 0 Å². The largest absolute Gasteiger partial charge is 0.271 e. The summed E-state index contributed by atoms with van der Waals surface area (Å²) in [5.74, 6) is 0.0842. The first-order chi connectivity index (χ1) is 5.14. The second-order valence-corrected chi connectivity index (χ2v) is 4.24. The van der Waals surface area contributed by atoms with Gasteiger partial charge >= 0.3 is 0 Å². The van der Waals surface area contributed by atoms with E-state index in [2.05, 4.69) is 4.18 Å². The molecule has 0 N–H and O–H groups in total. The van der Waals surface area contributed by atoms with E-state index in [-0.39, 0.29) is 12.4 Å². The van der Waals surface area contributed by atoms with Crippen LogP contribution in [0.4, 0.5) is 0 Å². The molecule has 0 unspecified atom stereocenters. The predicted molar refractivity (Wildman–Crippen MR) is 42.7 cm³/mol. The Labute approximate surface area is 67.2 Å². The summed E-state index contributed by atoms with van der Waals surface area (Å²) in [4.78, 5) is 0. The van der Waals surface area contributed by atoms with Crippen LogP contribution in [0.3, 0.4) is 0 Å². The molecule has 11 heavy (non-hydrogen) atoms. The highest BCUT2D eigenvalue weighted by atomic mass is 32.2. The molecule has 0 aromatic rings. The van der Waals surface area contributed by atoms with E-state index in [1.54, 1.807) is 0 Å². The van der Waals surface area contributed by atoms with Gasteiger partial charge in [0.1, 0.15) is 0 Å².